The summed E-state index contributed by atoms with van der Waals surface area (Å²) in [5.74, 6) is 0.920. The van der Waals surface area contributed by atoms with Crippen molar-refractivity contribution >= 4 is 28.5 Å². The van der Waals surface area contributed by atoms with Crippen LogP contribution in [-0.4, -0.2) is 24.4 Å². The Morgan fingerprint density at radius 1 is 1.00 bits per heavy atom. The highest BCUT2D eigenvalue weighted by atomic mass is 16.5. The van der Waals surface area contributed by atoms with Crippen LogP contribution < -0.4 is 15.4 Å². The molecule has 5 heteroatoms. The van der Waals surface area contributed by atoms with Gasteiger partial charge in [0.15, 0.2) is 0 Å². The fraction of sp³-hybridized carbons (Fsp3) is 0.120. The van der Waals surface area contributed by atoms with Crippen molar-refractivity contribution in [2.45, 2.75) is 6.54 Å². The number of rotatable bonds is 3. The zero-order chi connectivity index (χ0) is 20.5. The molecule has 0 amide bonds. The Morgan fingerprint density at radius 3 is 2.70 bits per heavy atom. The first-order valence-corrected chi connectivity index (χ1v) is 9.98. The van der Waals surface area contributed by atoms with Gasteiger partial charge in [0.2, 0.25) is 0 Å². The molecule has 1 aliphatic rings. The molecule has 0 unspecified atom stereocenters. The second kappa shape index (κ2) is 7.52. The SMILES string of the molecule is N=Cc1ccc(-c2ccc3c(c2)CN(c2ccnc4ccccc24)CCO3)cc1N. The number of hydrogen-bond acceptors (Lipinski definition) is 5. The van der Waals surface area contributed by atoms with Gasteiger partial charge in [0, 0.05) is 46.8 Å². The number of ether oxygens (including phenoxy) is 1. The molecule has 5 rings (SSSR count). The number of nitrogens with one attached hydrogen (secondary N) is 1. The van der Waals surface area contributed by atoms with Gasteiger partial charge >= 0.3 is 0 Å². The minimum absolute atomic E-state index is 0.610. The van der Waals surface area contributed by atoms with Crippen molar-refractivity contribution in [3.8, 4) is 16.9 Å². The monoisotopic (exact) mass is 394 g/mol. The summed E-state index contributed by atoms with van der Waals surface area (Å²) in [6.45, 7) is 2.19. The van der Waals surface area contributed by atoms with E-state index >= 15 is 0 Å². The number of aromatic nitrogens is 1. The Bertz CT molecular complexity index is 1250. The second-order valence-corrected chi connectivity index (χ2v) is 7.43. The number of nitrogens with two attached hydrogens (primary N) is 1. The van der Waals surface area contributed by atoms with E-state index in [1.165, 1.54) is 11.9 Å². The smallest absolute Gasteiger partial charge is 0.124 e. The molecule has 1 aromatic heterocycles. The standard InChI is InChI=1S/C25H22N4O/c26-15-19-6-5-18(14-22(19)27)17-7-8-25-20(13-17)16-29(11-12-30-25)24-9-10-28-23-4-2-1-3-21(23)24/h1-10,13-15,26H,11-12,16,27H2. The van der Waals surface area contributed by atoms with E-state index in [0.29, 0.717) is 12.3 Å². The van der Waals surface area contributed by atoms with Gasteiger partial charge in [-0.25, -0.2) is 0 Å². The predicted molar refractivity (Wildman–Crippen MR) is 122 cm³/mol. The highest BCUT2D eigenvalue weighted by Crippen LogP contribution is 2.33. The van der Waals surface area contributed by atoms with Crippen molar-refractivity contribution in [2.24, 2.45) is 0 Å². The van der Waals surface area contributed by atoms with Crippen molar-refractivity contribution < 1.29 is 4.74 Å². The lowest BCUT2D eigenvalue weighted by Gasteiger charge is -2.23. The van der Waals surface area contributed by atoms with Gasteiger partial charge in [-0.1, -0.05) is 36.4 Å². The normalized spacial score (nSPS) is 13.4. The minimum Gasteiger partial charge on any atom is -0.491 e. The lowest BCUT2D eigenvalue weighted by atomic mass is 10.00. The molecule has 0 aliphatic carbocycles. The maximum absolute atomic E-state index is 7.44. The van der Waals surface area contributed by atoms with E-state index in [1.54, 1.807) is 0 Å². The third-order valence-corrected chi connectivity index (χ3v) is 5.58. The summed E-state index contributed by atoms with van der Waals surface area (Å²) >= 11 is 0. The molecule has 2 heterocycles. The van der Waals surface area contributed by atoms with Gasteiger partial charge < -0.3 is 20.8 Å². The minimum atomic E-state index is 0.610. The summed E-state index contributed by atoms with van der Waals surface area (Å²) in [6.07, 6.45) is 3.15. The van der Waals surface area contributed by atoms with Crippen molar-refractivity contribution in [1.82, 2.24) is 4.98 Å². The lowest BCUT2D eigenvalue weighted by Crippen LogP contribution is -2.25. The first-order valence-electron chi connectivity index (χ1n) is 9.98. The molecular formula is C25H22N4O. The van der Waals surface area contributed by atoms with Gasteiger partial charge in [-0.15, -0.1) is 0 Å². The van der Waals surface area contributed by atoms with Crippen LogP contribution in [0.15, 0.2) is 72.9 Å². The number of para-hydroxylation sites is 1. The van der Waals surface area contributed by atoms with Gasteiger partial charge in [-0.2, -0.15) is 0 Å². The largest absolute Gasteiger partial charge is 0.491 e. The fourth-order valence-electron chi connectivity index (χ4n) is 4.02. The van der Waals surface area contributed by atoms with Crippen LogP contribution in [0.4, 0.5) is 11.4 Å². The quantitative estimate of drug-likeness (QED) is 0.384. The average Bonchev–Trinajstić information content (AvgIpc) is 3.00. The number of nitrogens with zero attached hydrogens (tertiary/aromatic N) is 2. The molecule has 3 aromatic carbocycles. The topological polar surface area (TPSA) is 75.2 Å². The molecular weight excluding hydrogens is 372 g/mol. The van der Waals surface area contributed by atoms with Crippen molar-refractivity contribution in [1.29, 1.82) is 5.41 Å². The molecule has 30 heavy (non-hydrogen) atoms. The average molecular weight is 394 g/mol. The van der Waals surface area contributed by atoms with Crippen LogP contribution >= 0.6 is 0 Å². The Balaban J connectivity index is 1.53. The van der Waals surface area contributed by atoms with Crippen LogP contribution in [0.3, 0.4) is 0 Å². The van der Waals surface area contributed by atoms with Crippen LogP contribution in [0, 0.1) is 5.41 Å². The van der Waals surface area contributed by atoms with Crippen LogP contribution in [-0.2, 0) is 6.54 Å². The summed E-state index contributed by atoms with van der Waals surface area (Å²) in [4.78, 5) is 6.85. The Hall–Kier alpha value is -3.86. The number of benzene rings is 3. The molecule has 148 valence electrons. The van der Waals surface area contributed by atoms with E-state index in [1.807, 2.05) is 42.6 Å². The Kier molecular flexibility index (Phi) is 4.56. The molecule has 1 aliphatic heterocycles. The summed E-state index contributed by atoms with van der Waals surface area (Å²) in [7, 11) is 0. The molecule has 4 aromatic rings. The molecule has 0 bridgehead atoms. The molecule has 0 radical (unpaired) electrons. The molecule has 3 N–H and O–H groups in total. The van der Waals surface area contributed by atoms with Gasteiger partial charge in [-0.05, 0) is 41.5 Å². The third kappa shape index (κ3) is 3.24. The zero-order valence-corrected chi connectivity index (χ0v) is 16.5. The van der Waals surface area contributed by atoms with Crippen LogP contribution in [0.5, 0.6) is 5.75 Å². The number of fused-ring (bicyclic) bond motifs is 2. The summed E-state index contributed by atoms with van der Waals surface area (Å²) in [5, 5.41) is 8.59. The molecule has 0 fully saturated rings. The van der Waals surface area contributed by atoms with Gasteiger partial charge in [0.25, 0.3) is 0 Å². The highest BCUT2D eigenvalue weighted by Gasteiger charge is 2.18. The van der Waals surface area contributed by atoms with Crippen molar-refractivity contribution in [3.05, 3.63) is 84.1 Å². The lowest BCUT2D eigenvalue weighted by molar-refractivity contribution is 0.332. The molecule has 5 nitrogen and oxygen atoms in total. The number of pyridine rings is 1. The highest BCUT2D eigenvalue weighted by molar-refractivity contribution is 5.91. The summed E-state index contributed by atoms with van der Waals surface area (Å²) < 4.78 is 6.05. The van der Waals surface area contributed by atoms with Gasteiger partial charge in [0.05, 0.1) is 12.1 Å². The van der Waals surface area contributed by atoms with Crippen molar-refractivity contribution in [3.63, 3.8) is 0 Å². The summed E-state index contributed by atoms with van der Waals surface area (Å²) in [6, 6.07) is 22.4. The van der Waals surface area contributed by atoms with Gasteiger partial charge in [-0.3, -0.25) is 4.98 Å². The van der Waals surface area contributed by atoms with Crippen LogP contribution in [0.25, 0.3) is 22.0 Å². The van der Waals surface area contributed by atoms with E-state index < -0.39 is 0 Å². The zero-order valence-electron chi connectivity index (χ0n) is 16.5. The third-order valence-electron chi connectivity index (χ3n) is 5.58. The molecule has 0 spiro atoms. The second-order valence-electron chi connectivity index (χ2n) is 7.43. The van der Waals surface area contributed by atoms with Crippen LogP contribution in [0.1, 0.15) is 11.1 Å². The Morgan fingerprint density at radius 2 is 1.83 bits per heavy atom. The van der Waals surface area contributed by atoms with Gasteiger partial charge in [0.1, 0.15) is 12.4 Å². The van der Waals surface area contributed by atoms with Crippen molar-refractivity contribution in [2.75, 3.05) is 23.8 Å². The van der Waals surface area contributed by atoms with E-state index in [2.05, 4.69) is 40.2 Å². The number of nitrogen functional groups attached to an aromatic ring is 1. The predicted octanol–water partition coefficient (Wildman–Crippen LogP) is 4.88. The first kappa shape index (κ1) is 18.2. The van der Waals surface area contributed by atoms with E-state index in [4.69, 9.17) is 15.9 Å². The van der Waals surface area contributed by atoms with Crippen LogP contribution in [0.2, 0.25) is 0 Å². The number of anilines is 2. The summed E-state index contributed by atoms with van der Waals surface area (Å²) in [5.41, 5.74) is 12.9. The van der Waals surface area contributed by atoms with E-state index in [9.17, 15) is 0 Å². The number of hydrogen-bond donors (Lipinski definition) is 2. The van der Waals surface area contributed by atoms with E-state index in [-0.39, 0.29) is 0 Å². The molecule has 0 saturated carbocycles. The molecule has 0 atom stereocenters. The maximum Gasteiger partial charge on any atom is 0.124 e. The molecule has 0 saturated heterocycles. The fourth-order valence-corrected chi connectivity index (χ4v) is 4.02. The Labute approximate surface area is 175 Å². The van der Waals surface area contributed by atoms with E-state index in [0.717, 1.165) is 52.0 Å². The maximum atomic E-state index is 7.44. The first-order chi connectivity index (χ1) is 14.7.